The highest BCUT2D eigenvalue weighted by Gasteiger charge is 2.34. The molecule has 1 fully saturated rings. The van der Waals surface area contributed by atoms with Gasteiger partial charge in [0.25, 0.3) is 0 Å². The van der Waals surface area contributed by atoms with Gasteiger partial charge in [-0.3, -0.25) is 0 Å². The molecule has 17 heavy (non-hydrogen) atoms. The molecule has 6 heteroatoms. The summed E-state index contributed by atoms with van der Waals surface area (Å²) in [6.45, 7) is 0.833. The van der Waals surface area contributed by atoms with Gasteiger partial charge in [-0.1, -0.05) is 6.07 Å². The predicted octanol–water partition coefficient (Wildman–Crippen LogP) is 2.33. The Hall–Kier alpha value is -1.14. The van der Waals surface area contributed by atoms with Crippen LogP contribution in [0.4, 0.5) is 17.6 Å². The normalized spacial score (nSPS) is 16.9. The molecule has 2 nitrogen and oxygen atoms in total. The third-order valence-corrected chi connectivity index (χ3v) is 2.63. The van der Waals surface area contributed by atoms with Crippen molar-refractivity contribution >= 4 is 0 Å². The number of rotatable bonds is 3. The molecule has 94 valence electrons. The van der Waals surface area contributed by atoms with Gasteiger partial charge in [0.15, 0.2) is 0 Å². The van der Waals surface area contributed by atoms with Crippen LogP contribution in [0, 0.1) is 5.82 Å². The quantitative estimate of drug-likeness (QED) is 0.830. The fourth-order valence-electron chi connectivity index (χ4n) is 1.55. The molecule has 0 aliphatic carbocycles. The second-order valence-corrected chi connectivity index (χ2v) is 3.85. The molecule has 1 heterocycles. The zero-order chi connectivity index (χ0) is 12.5. The molecular weight excluding hydrogens is 238 g/mol. The van der Waals surface area contributed by atoms with Gasteiger partial charge in [0.2, 0.25) is 0 Å². The van der Waals surface area contributed by atoms with Gasteiger partial charge < -0.3 is 10.1 Å². The van der Waals surface area contributed by atoms with E-state index < -0.39 is 23.1 Å². The van der Waals surface area contributed by atoms with Crippen LogP contribution in [0.1, 0.15) is 11.1 Å². The topological polar surface area (TPSA) is 21.3 Å². The Kier molecular flexibility index (Phi) is 3.35. The first-order valence-electron chi connectivity index (χ1n) is 5.15. The van der Waals surface area contributed by atoms with Crippen LogP contribution < -0.4 is 5.32 Å². The summed E-state index contributed by atoms with van der Waals surface area (Å²) in [6.07, 6.45) is -4.69. The summed E-state index contributed by atoms with van der Waals surface area (Å²) in [5, 5.41) is 2.92. The lowest BCUT2D eigenvalue weighted by Gasteiger charge is -2.27. The highest BCUT2D eigenvalue weighted by molar-refractivity contribution is 5.30. The van der Waals surface area contributed by atoms with Crippen LogP contribution in [-0.4, -0.2) is 19.2 Å². The van der Waals surface area contributed by atoms with Crippen LogP contribution >= 0.6 is 0 Å². The number of ether oxygens (including phenoxy) is 1. The van der Waals surface area contributed by atoms with Gasteiger partial charge in [-0.2, -0.15) is 13.2 Å². The van der Waals surface area contributed by atoms with Crippen LogP contribution in [0.25, 0.3) is 0 Å². The van der Waals surface area contributed by atoms with Gasteiger partial charge in [-0.25, -0.2) is 4.39 Å². The summed E-state index contributed by atoms with van der Waals surface area (Å²) in [4.78, 5) is 0. The molecule has 1 aromatic rings. The zero-order valence-electron chi connectivity index (χ0n) is 8.85. The fourth-order valence-corrected chi connectivity index (χ4v) is 1.55. The van der Waals surface area contributed by atoms with Crippen molar-refractivity contribution in [1.29, 1.82) is 0 Å². The molecule has 2 rings (SSSR count). The SMILES string of the molecule is Fc1cccc(C(F)(F)F)c1COC1CNC1. The van der Waals surface area contributed by atoms with Crippen molar-refractivity contribution in [2.45, 2.75) is 18.9 Å². The van der Waals surface area contributed by atoms with Gasteiger partial charge >= 0.3 is 6.18 Å². The lowest BCUT2D eigenvalue weighted by Crippen LogP contribution is -2.48. The van der Waals surface area contributed by atoms with Crippen molar-refractivity contribution < 1.29 is 22.3 Å². The molecule has 0 spiro atoms. The van der Waals surface area contributed by atoms with E-state index in [4.69, 9.17) is 4.74 Å². The number of benzene rings is 1. The van der Waals surface area contributed by atoms with E-state index in [2.05, 4.69) is 5.32 Å². The van der Waals surface area contributed by atoms with Crippen LogP contribution in [0.15, 0.2) is 18.2 Å². The molecule has 0 bridgehead atoms. The van der Waals surface area contributed by atoms with Crippen molar-refractivity contribution in [1.82, 2.24) is 5.32 Å². The third kappa shape index (κ3) is 2.76. The largest absolute Gasteiger partial charge is 0.416 e. The predicted molar refractivity (Wildman–Crippen MR) is 52.8 cm³/mol. The number of halogens is 4. The molecule has 0 saturated carbocycles. The van der Waals surface area contributed by atoms with E-state index in [1.54, 1.807) is 0 Å². The highest BCUT2D eigenvalue weighted by atomic mass is 19.4. The standard InChI is InChI=1S/C11H11F4NO/c12-10-3-1-2-9(11(13,14)15)8(10)6-17-7-4-16-5-7/h1-3,7,16H,4-6H2. The summed E-state index contributed by atoms with van der Waals surface area (Å²) in [5.74, 6) is -0.882. The van der Waals surface area contributed by atoms with Crippen LogP contribution in [-0.2, 0) is 17.5 Å². The van der Waals surface area contributed by atoms with Gasteiger partial charge in [0.1, 0.15) is 5.82 Å². The van der Waals surface area contributed by atoms with Gasteiger partial charge in [0.05, 0.1) is 18.3 Å². The molecule has 0 amide bonds. The van der Waals surface area contributed by atoms with E-state index in [0.29, 0.717) is 13.1 Å². The van der Waals surface area contributed by atoms with E-state index in [9.17, 15) is 17.6 Å². The number of nitrogens with one attached hydrogen (secondary N) is 1. The van der Waals surface area contributed by atoms with Crippen LogP contribution in [0.5, 0.6) is 0 Å². The number of hydrogen-bond donors (Lipinski definition) is 1. The van der Waals surface area contributed by atoms with Crippen molar-refractivity contribution in [3.63, 3.8) is 0 Å². The van der Waals surface area contributed by atoms with E-state index in [1.165, 1.54) is 0 Å². The van der Waals surface area contributed by atoms with Crippen molar-refractivity contribution in [2.24, 2.45) is 0 Å². The first-order valence-corrected chi connectivity index (χ1v) is 5.15. The molecule has 1 aromatic carbocycles. The molecule has 0 unspecified atom stereocenters. The van der Waals surface area contributed by atoms with Gasteiger partial charge in [-0.15, -0.1) is 0 Å². The lowest BCUT2D eigenvalue weighted by atomic mass is 10.1. The van der Waals surface area contributed by atoms with Crippen molar-refractivity contribution in [2.75, 3.05) is 13.1 Å². The van der Waals surface area contributed by atoms with Crippen LogP contribution in [0.2, 0.25) is 0 Å². The summed E-state index contributed by atoms with van der Waals surface area (Å²) < 4.78 is 56.4. The molecule has 0 atom stereocenters. The number of alkyl halides is 3. The summed E-state index contributed by atoms with van der Waals surface area (Å²) in [5.41, 5.74) is -1.39. The van der Waals surface area contributed by atoms with Crippen molar-refractivity contribution in [3.05, 3.63) is 35.1 Å². The molecular formula is C11H11F4NO. The molecule has 0 aromatic heterocycles. The Balaban J connectivity index is 2.17. The van der Waals surface area contributed by atoms with Gasteiger partial charge in [-0.05, 0) is 12.1 Å². The Labute approximate surface area is 95.6 Å². The molecule has 1 saturated heterocycles. The van der Waals surface area contributed by atoms with Gasteiger partial charge in [0, 0.05) is 18.7 Å². The first-order chi connectivity index (χ1) is 7.98. The Morgan fingerprint density at radius 1 is 1.29 bits per heavy atom. The zero-order valence-corrected chi connectivity index (χ0v) is 8.85. The summed E-state index contributed by atoms with van der Waals surface area (Å²) in [7, 11) is 0. The van der Waals surface area contributed by atoms with E-state index in [-0.39, 0.29) is 12.7 Å². The second kappa shape index (κ2) is 4.62. The Morgan fingerprint density at radius 2 is 2.00 bits per heavy atom. The minimum Gasteiger partial charge on any atom is -0.371 e. The van der Waals surface area contributed by atoms with E-state index >= 15 is 0 Å². The maximum atomic E-state index is 13.4. The monoisotopic (exact) mass is 249 g/mol. The summed E-state index contributed by atoms with van der Waals surface area (Å²) >= 11 is 0. The first kappa shape index (κ1) is 12.3. The average molecular weight is 249 g/mol. The van der Waals surface area contributed by atoms with E-state index in [0.717, 1.165) is 18.2 Å². The smallest absolute Gasteiger partial charge is 0.371 e. The maximum Gasteiger partial charge on any atom is 0.416 e. The molecule has 1 aliphatic heterocycles. The molecule has 0 radical (unpaired) electrons. The maximum absolute atomic E-state index is 13.4. The minimum atomic E-state index is -4.56. The average Bonchev–Trinajstić information content (AvgIpc) is 2.16. The minimum absolute atomic E-state index is 0.129. The van der Waals surface area contributed by atoms with E-state index in [1.807, 2.05) is 0 Å². The fraction of sp³-hybridized carbons (Fsp3) is 0.455. The Bertz CT molecular complexity index is 401. The second-order valence-electron chi connectivity index (χ2n) is 3.85. The third-order valence-electron chi connectivity index (χ3n) is 2.63. The van der Waals surface area contributed by atoms with Crippen molar-refractivity contribution in [3.8, 4) is 0 Å². The highest BCUT2D eigenvalue weighted by Crippen LogP contribution is 2.33. The number of hydrogen-bond acceptors (Lipinski definition) is 2. The molecule has 1 N–H and O–H groups in total. The lowest BCUT2D eigenvalue weighted by molar-refractivity contribution is -0.139. The summed E-state index contributed by atoms with van der Waals surface area (Å²) in [6, 6.07) is 2.92. The van der Waals surface area contributed by atoms with Crippen LogP contribution in [0.3, 0.4) is 0 Å². The molecule has 1 aliphatic rings. The Morgan fingerprint density at radius 3 is 2.53 bits per heavy atom.